The van der Waals surface area contributed by atoms with Crippen LogP contribution in [0.15, 0.2) is 60.7 Å². The molecule has 0 bridgehead atoms. The fourth-order valence-corrected chi connectivity index (χ4v) is 9.56. The third kappa shape index (κ3) is 104. The first-order valence-electron chi connectivity index (χ1n) is 44.2. The number of ether oxygens (including phenoxy) is 3. The Labute approximate surface area is 753 Å². The van der Waals surface area contributed by atoms with Crippen LogP contribution in [-0.4, -0.2) is 82.8 Å². The molecule has 3 N–H and O–H groups in total. The Morgan fingerprint density at radius 1 is 0.303 bits per heavy atom. The fraction of sp³-hybridized carbons (Fsp3) is 0.661. The van der Waals surface area contributed by atoms with Crippen molar-refractivity contribution in [2.24, 2.45) is 76.8 Å². The Morgan fingerprint density at radius 2 is 0.566 bits per heavy atom. The zero-order valence-electron chi connectivity index (χ0n) is 84.6. The quantitative estimate of drug-likeness (QED) is 0.0571. The van der Waals surface area contributed by atoms with Gasteiger partial charge in [0, 0.05) is 101 Å². The maximum Gasteiger partial charge on any atom is 0.223 e. The van der Waals surface area contributed by atoms with Crippen molar-refractivity contribution in [2.75, 3.05) is 59.3 Å². The number of hydrogen-bond acceptors (Lipinski definition) is 7. The van der Waals surface area contributed by atoms with Crippen LogP contribution in [0.4, 0.5) is 0 Å². The molecule has 0 saturated heterocycles. The second-order valence-corrected chi connectivity index (χ2v) is 45.5. The van der Waals surface area contributed by atoms with Gasteiger partial charge in [-0.25, -0.2) is 0 Å². The molecule has 0 unspecified atom stereocenters. The molecule has 0 saturated carbocycles. The molecule has 2 aromatic carbocycles. The van der Waals surface area contributed by atoms with Gasteiger partial charge < -0.3 is 30.2 Å². The number of benzene rings is 2. The number of amides is 3. The number of Topliss-reactive ketones (excluding diaryl/α,β-unsaturated/α-hetero) is 1. The topological polar surface area (TPSA) is 132 Å². The average Bonchev–Trinajstić information content (AvgIpc) is 0.837. The number of carbonyl (C=O) groups excluding carboxylic acids is 4. The van der Waals surface area contributed by atoms with Gasteiger partial charge in [0.05, 0.1) is 13.2 Å². The monoisotopic (exact) mass is 1670 g/mol. The molecule has 0 aliphatic heterocycles. The van der Waals surface area contributed by atoms with Gasteiger partial charge in [-0.15, -0.1) is 6.42 Å². The molecule has 3 amide bonds. The molecule has 0 spiro atoms. The van der Waals surface area contributed by atoms with E-state index in [1.54, 1.807) is 6.92 Å². The van der Waals surface area contributed by atoms with E-state index in [1.165, 1.54) is 18.4 Å². The van der Waals surface area contributed by atoms with Crippen molar-refractivity contribution in [1.29, 1.82) is 0 Å². The van der Waals surface area contributed by atoms with Gasteiger partial charge in [0.1, 0.15) is 5.78 Å². The van der Waals surface area contributed by atoms with Gasteiger partial charge >= 0.3 is 0 Å². The van der Waals surface area contributed by atoms with Crippen molar-refractivity contribution >= 4 is 23.5 Å². The van der Waals surface area contributed by atoms with Crippen LogP contribution in [0, 0.1) is 208 Å². The van der Waals surface area contributed by atoms with Gasteiger partial charge in [0.25, 0.3) is 0 Å². The SMILES string of the molecule is C#CC#CC#CC#CC#CC#CC#CC#CC#CC#CC#CC.CC(C)(C)CCC(C)(C)C.CC(C)(C)CCNC(=O)CC(C)(C)C.CC(C)(C)CCNC(=O)[C@@H](CC(=O)CC(C)(C)C)Cc1ccccc1.CC(C)(C)CCNC(=O)[C@H](Cc1ccccc1)C(C)(C)C.CC(C)(C)CCOCCC(C)(C)C.CC(C)(C)CCOCCOCCC(C)(C)C. The largest absolute Gasteiger partial charge is 0.381 e. The zero-order chi connectivity index (χ0) is 95.0. The number of carbonyl (C=O) groups is 4. The highest BCUT2D eigenvalue weighted by Gasteiger charge is 2.32. The summed E-state index contributed by atoms with van der Waals surface area (Å²) in [5, 5.41) is 9.12. The van der Waals surface area contributed by atoms with E-state index >= 15 is 0 Å². The van der Waals surface area contributed by atoms with Crippen LogP contribution in [0.2, 0.25) is 0 Å². The third-order valence-electron chi connectivity index (χ3n) is 17.1. The smallest absolute Gasteiger partial charge is 0.223 e. The minimum Gasteiger partial charge on any atom is -0.381 e. The van der Waals surface area contributed by atoms with Crippen LogP contribution in [-0.2, 0) is 46.2 Å². The minimum absolute atomic E-state index is 0.000122. The lowest BCUT2D eigenvalue weighted by Crippen LogP contribution is -2.40. The molecule has 10 heteroatoms. The Bertz CT molecular complexity index is 3930. The average molecular weight is 1670 g/mol. The molecule has 2 atom stereocenters. The number of hydrogen-bond donors (Lipinski definition) is 3. The number of nitrogens with one attached hydrogen (secondary N) is 3. The van der Waals surface area contributed by atoms with Crippen LogP contribution in [0.3, 0.4) is 0 Å². The molecular formula is C112H173N3O7. The standard InChI is InChI=1S/C23H4.C22H35NO2.C19H31NO.C14H30O2.C12H25NO.C12H26O.C10H22/c1-3-5-7-9-11-13-15-17-19-21-23-22-20-18-16-14-12-10-8-6-4-2;1-21(2,3)12-13-23-20(25)18(14-17-10-8-7-9-11-17)15-19(24)16-22(4,5)6;1-18(2,3)12-13-20-17(21)16(19(4,5)6)14-15-10-8-7-9-11-15;1-13(2,3)7-9-15-11-12-16-10-8-14(4,5)6;1-11(2,3)7-8-13-10(14)9-12(4,5)6;1-11(2,3)7-9-13-10-8-12(4,5)6;1-9(2,3)7-8-10(4,5)6/h1H,2H3;7-11,18H,12-16H2,1-6H3,(H,23,25);7-11,16H,12-14H2,1-6H3,(H,20,21);7-12H2,1-6H3;7-9H2,1-6H3,(H,13,14);7-10H2,1-6H3;7-8H2,1-6H3/t;18-;16-;;;;/m.10..../s1. The number of ketones is 1. The van der Waals surface area contributed by atoms with E-state index in [0.29, 0.717) is 70.1 Å². The van der Waals surface area contributed by atoms with Crippen LogP contribution >= 0.6 is 0 Å². The van der Waals surface area contributed by atoms with Crippen molar-refractivity contribution in [3.63, 3.8) is 0 Å². The van der Waals surface area contributed by atoms with E-state index in [4.69, 9.17) is 20.6 Å². The molecule has 122 heavy (non-hydrogen) atoms. The first-order chi connectivity index (χ1) is 55.7. The normalized spacial score (nSPS) is 11.6. The predicted octanol–water partition coefficient (Wildman–Crippen LogP) is 24.5. The van der Waals surface area contributed by atoms with Crippen LogP contribution < -0.4 is 16.0 Å². The summed E-state index contributed by atoms with van der Waals surface area (Å²) in [5.74, 6) is 52.1. The number of terminal acetylenes is 1. The van der Waals surface area contributed by atoms with Gasteiger partial charge in [-0.2, -0.15) is 0 Å². The highest BCUT2D eigenvalue weighted by atomic mass is 16.5. The molecular weight excluding hydrogens is 1500 g/mol. The fourth-order valence-electron chi connectivity index (χ4n) is 9.56. The van der Waals surface area contributed by atoms with Gasteiger partial charge in [0.15, 0.2) is 0 Å². The van der Waals surface area contributed by atoms with Crippen molar-refractivity contribution in [2.45, 2.75) is 346 Å². The molecule has 10 nitrogen and oxygen atoms in total. The molecule has 0 heterocycles. The van der Waals surface area contributed by atoms with Gasteiger partial charge in [0.2, 0.25) is 17.7 Å². The summed E-state index contributed by atoms with van der Waals surface area (Å²) in [6.45, 7) is 88.0. The lowest BCUT2D eigenvalue weighted by Gasteiger charge is -2.30. The van der Waals surface area contributed by atoms with Gasteiger partial charge in [-0.05, 0) is 248 Å². The Hall–Kier alpha value is -8.44. The highest BCUT2D eigenvalue weighted by Crippen LogP contribution is 2.32. The Balaban J connectivity index is -0.000000445. The first kappa shape index (κ1) is 122. The predicted molar refractivity (Wildman–Crippen MR) is 525 cm³/mol. The summed E-state index contributed by atoms with van der Waals surface area (Å²) in [4.78, 5) is 49.1. The Morgan fingerprint density at radius 3 is 0.836 bits per heavy atom. The summed E-state index contributed by atoms with van der Waals surface area (Å²) in [7, 11) is 0. The number of rotatable bonds is 28. The van der Waals surface area contributed by atoms with Crippen molar-refractivity contribution < 1.29 is 33.4 Å². The van der Waals surface area contributed by atoms with E-state index in [2.05, 4.69) is 402 Å². The van der Waals surface area contributed by atoms with Gasteiger partial charge in [-0.1, -0.05) is 316 Å². The molecule has 0 aliphatic rings. The lowest BCUT2D eigenvalue weighted by molar-refractivity contribution is -0.130. The summed E-state index contributed by atoms with van der Waals surface area (Å²) in [5.41, 5.74) is 5.63. The molecule has 678 valence electrons. The Kier molecular flexibility index (Phi) is 64.4. The van der Waals surface area contributed by atoms with Crippen molar-refractivity contribution in [3.05, 3.63) is 71.8 Å². The minimum atomic E-state index is -0.294. The zero-order valence-corrected chi connectivity index (χ0v) is 84.6. The van der Waals surface area contributed by atoms with Gasteiger partial charge in [-0.3, -0.25) is 19.2 Å². The lowest BCUT2D eigenvalue weighted by atomic mass is 9.76. The molecule has 0 radical (unpaired) electrons. The highest BCUT2D eigenvalue weighted by molar-refractivity contribution is 5.87. The van der Waals surface area contributed by atoms with Crippen LogP contribution in [0.25, 0.3) is 0 Å². The molecule has 0 aromatic heterocycles. The third-order valence-corrected chi connectivity index (χ3v) is 17.1. The summed E-state index contributed by atoms with van der Waals surface area (Å²) in [6.07, 6.45) is 17.9. The second-order valence-electron chi connectivity index (χ2n) is 45.5. The van der Waals surface area contributed by atoms with E-state index in [-0.39, 0.29) is 62.4 Å². The molecule has 2 rings (SSSR count). The van der Waals surface area contributed by atoms with Crippen molar-refractivity contribution in [3.8, 4) is 131 Å². The van der Waals surface area contributed by atoms with Crippen molar-refractivity contribution in [1.82, 2.24) is 16.0 Å². The molecule has 0 fully saturated rings. The maximum atomic E-state index is 12.7. The van der Waals surface area contributed by atoms with Crippen LogP contribution in [0.5, 0.6) is 0 Å². The molecule has 0 aliphatic carbocycles. The van der Waals surface area contributed by atoms with E-state index in [0.717, 1.165) is 110 Å². The van der Waals surface area contributed by atoms with E-state index in [1.807, 2.05) is 48.5 Å². The van der Waals surface area contributed by atoms with Crippen LogP contribution in [0.1, 0.15) is 344 Å². The maximum absolute atomic E-state index is 12.7. The second kappa shape index (κ2) is 64.3. The van der Waals surface area contributed by atoms with E-state index < -0.39 is 0 Å². The first-order valence-corrected chi connectivity index (χ1v) is 44.2. The summed E-state index contributed by atoms with van der Waals surface area (Å²) in [6, 6.07) is 20.2. The van der Waals surface area contributed by atoms with E-state index in [9.17, 15) is 19.2 Å². The summed E-state index contributed by atoms with van der Waals surface area (Å²) < 4.78 is 16.6. The molecule has 2 aromatic rings. The summed E-state index contributed by atoms with van der Waals surface area (Å²) >= 11 is 0.